The molecule has 88 valence electrons. The van der Waals surface area contributed by atoms with Gasteiger partial charge >= 0.3 is 0 Å². The Kier molecular flexibility index (Phi) is 3.93. The Morgan fingerprint density at radius 3 is 3.06 bits per heavy atom. The van der Waals surface area contributed by atoms with Crippen molar-refractivity contribution in [2.24, 2.45) is 0 Å². The fraction of sp³-hybridized carbons (Fsp3) is 0.500. The lowest BCUT2D eigenvalue weighted by atomic mass is 10.1. The lowest BCUT2D eigenvalue weighted by Crippen LogP contribution is -2.26. The Morgan fingerprint density at radius 1 is 1.50 bits per heavy atom. The first kappa shape index (κ1) is 11.6. The van der Waals surface area contributed by atoms with E-state index in [0.717, 1.165) is 12.2 Å². The van der Waals surface area contributed by atoms with Crippen LogP contribution in [0.25, 0.3) is 0 Å². The number of benzene rings is 1. The number of hydrogen-bond donors (Lipinski definition) is 1. The van der Waals surface area contributed by atoms with Gasteiger partial charge in [-0.25, -0.2) is 4.39 Å². The number of thioether (sulfide) groups is 1. The third-order valence-corrected chi connectivity index (χ3v) is 3.91. The van der Waals surface area contributed by atoms with Gasteiger partial charge in [-0.1, -0.05) is 0 Å². The molecule has 16 heavy (non-hydrogen) atoms. The quantitative estimate of drug-likeness (QED) is 0.878. The summed E-state index contributed by atoms with van der Waals surface area (Å²) >= 11 is 1.92. The standard InChI is InChI=1S/C12H16FNOS/c1-15-10-4-5-11(13)12(7-10)14-9-3-2-6-16-8-9/h4-5,7,9,14H,2-3,6,8H2,1H3. The first-order valence-corrected chi connectivity index (χ1v) is 6.63. The SMILES string of the molecule is COc1ccc(F)c(NC2CCCSC2)c1. The summed E-state index contributed by atoms with van der Waals surface area (Å²) in [6, 6.07) is 5.17. The third-order valence-electron chi connectivity index (χ3n) is 2.69. The molecule has 1 aliphatic heterocycles. The number of halogens is 1. The summed E-state index contributed by atoms with van der Waals surface area (Å²) in [4.78, 5) is 0. The molecule has 0 bridgehead atoms. The number of hydrogen-bond acceptors (Lipinski definition) is 3. The van der Waals surface area contributed by atoms with Crippen molar-refractivity contribution in [1.82, 2.24) is 0 Å². The van der Waals surface area contributed by atoms with E-state index in [4.69, 9.17) is 4.74 Å². The molecule has 2 nitrogen and oxygen atoms in total. The van der Waals surface area contributed by atoms with E-state index >= 15 is 0 Å². The van der Waals surface area contributed by atoms with Gasteiger partial charge < -0.3 is 10.1 Å². The minimum Gasteiger partial charge on any atom is -0.497 e. The largest absolute Gasteiger partial charge is 0.497 e. The van der Waals surface area contributed by atoms with Gasteiger partial charge in [-0.3, -0.25) is 0 Å². The lowest BCUT2D eigenvalue weighted by molar-refractivity contribution is 0.414. The van der Waals surface area contributed by atoms with Crippen LogP contribution in [0.15, 0.2) is 18.2 Å². The third kappa shape index (κ3) is 2.82. The second kappa shape index (κ2) is 5.43. The second-order valence-corrected chi connectivity index (χ2v) is 5.05. The van der Waals surface area contributed by atoms with Crippen LogP contribution in [-0.2, 0) is 0 Å². The predicted octanol–water partition coefficient (Wildman–Crippen LogP) is 3.14. The molecule has 1 N–H and O–H groups in total. The highest BCUT2D eigenvalue weighted by Crippen LogP contribution is 2.25. The van der Waals surface area contributed by atoms with Crippen molar-refractivity contribution in [2.45, 2.75) is 18.9 Å². The van der Waals surface area contributed by atoms with Crippen LogP contribution in [0.2, 0.25) is 0 Å². The zero-order valence-corrected chi connectivity index (χ0v) is 10.1. The number of rotatable bonds is 3. The van der Waals surface area contributed by atoms with E-state index in [0.29, 0.717) is 17.5 Å². The molecule has 1 aromatic carbocycles. The Bertz CT molecular complexity index is 353. The summed E-state index contributed by atoms with van der Waals surface area (Å²) in [5, 5.41) is 3.25. The number of nitrogens with one attached hydrogen (secondary N) is 1. The average Bonchev–Trinajstić information content (AvgIpc) is 2.33. The summed E-state index contributed by atoms with van der Waals surface area (Å²) in [6.07, 6.45) is 2.32. The van der Waals surface area contributed by atoms with Gasteiger partial charge in [-0.2, -0.15) is 11.8 Å². The first-order chi connectivity index (χ1) is 7.79. The van der Waals surface area contributed by atoms with Gasteiger partial charge in [0.15, 0.2) is 0 Å². The minimum absolute atomic E-state index is 0.212. The maximum absolute atomic E-state index is 13.5. The molecule has 0 aromatic heterocycles. The number of methoxy groups -OCH3 is 1. The Balaban J connectivity index is 2.06. The zero-order valence-electron chi connectivity index (χ0n) is 9.33. The minimum atomic E-state index is -0.212. The van der Waals surface area contributed by atoms with Crippen LogP contribution < -0.4 is 10.1 Å². The molecule has 0 amide bonds. The fourth-order valence-electron chi connectivity index (χ4n) is 1.82. The van der Waals surface area contributed by atoms with Crippen molar-refractivity contribution in [3.63, 3.8) is 0 Å². The molecule has 0 spiro atoms. The molecule has 1 fully saturated rings. The highest BCUT2D eigenvalue weighted by atomic mass is 32.2. The smallest absolute Gasteiger partial charge is 0.146 e. The van der Waals surface area contributed by atoms with Crippen molar-refractivity contribution in [3.05, 3.63) is 24.0 Å². The van der Waals surface area contributed by atoms with Gasteiger partial charge in [0.2, 0.25) is 0 Å². The van der Waals surface area contributed by atoms with Crippen LogP contribution in [0, 0.1) is 5.82 Å². The highest BCUT2D eigenvalue weighted by Gasteiger charge is 2.15. The molecular weight excluding hydrogens is 225 g/mol. The van der Waals surface area contributed by atoms with E-state index in [1.807, 2.05) is 11.8 Å². The van der Waals surface area contributed by atoms with E-state index in [1.165, 1.54) is 18.2 Å². The maximum Gasteiger partial charge on any atom is 0.146 e. The molecule has 1 heterocycles. The predicted molar refractivity (Wildman–Crippen MR) is 66.9 cm³/mol. The second-order valence-electron chi connectivity index (χ2n) is 3.90. The molecular formula is C12H16FNOS. The van der Waals surface area contributed by atoms with Gasteiger partial charge in [0.1, 0.15) is 11.6 Å². The van der Waals surface area contributed by atoms with E-state index < -0.39 is 0 Å². The Labute approximate surface area is 99.6 Å². The molecule has 1 aliphatic rings. The van der Waals surface area contributed by atoms with Crippen LogP contribution in [0.3, 0.4) is 0 Å². The molecule has 4 heteroatoms. The van der Waals surface area contributed by atoms with Gasteiger partial charge in [0.25, 0.3) is 0 Å². The van der Waals surface area contributed by atoms with Crippen LogP contribution in [0.4, 0.5) is 10.1 Å². The van der Waals surface area contributed by atoms with Crippen molar-refractivity contribution < 1.29 is 9.13 Å². The van der Waals surface area contributed by atoms with Crippen LogP contribution in [0.5, 0.6) is 5.75 Å². The van der Waals surface area contributed by atoms with E-state index in [2.05, 4.69) is 5.32 Å². The molecule has 0 radical (unpaired) electrons. The molecule has 1 aromatic rings. The molecule has 1 atom stereocenters. The summed E-state index contributed by atoms with van der Waals surface area (Å²) < 4.78 is 18.6. The fourth-order valence-corrected chi connectivity index (χ4v) is 2.89. The topological polar surface area (TPSA) is 21.3 Å². The van der Waals surface area contributed by atoms with Crippen molar-refractivity contribution in [3.8, 4) is 5.75 Å². The summed E-state index contributed by atoms with van der Waals surface area (Å²) in [5.41, 5.74) is 0.548. The maximum atomic E-state index is 13.5. The van der Waals surface area contributed by atoms with Gasteiger partial charge in [-0.15, -0.1) is 0 Å². The summed E-state index contributed by atoms with van der Waals surface area (Å²) in [6.45, 7) is 0. The number of ether oxygens (including phenoxy) is 1. The van der Waals surface area contributed by atoms with E-state index in [-0.39, 0.29) is 5.82 Å². The lowest BCUT2D eigenvalue weighted by Gasteiger charge is -2.23. The van der Waals surface area contributed by atoms with E-state index in [9.17, 15) is 4.39 Å². The number of anilines is 1. The summed E-state index contributed by atoms with van der Waals surface area (Å²) in [5.74, 6) is 2.75. The van der Waals surface area contributed by atoms with Gasteiger partial charge in [-0.05, 0) is 30.7 Å². The summed E-state index contributed by atoms with van der Waals surface area (Å²) in [7, 11) is 1.59. The van der Waals surface area contributed by atoms with Crippen LogP contribution in [-0.4, -0.2) is 24.7 Å². The average molecular weight is 241 g/mol. The highest BCUT2D eigenvalue weighted by molar-refractivity contribution is 7.99. The monoisotopic (exact) mass is 241 g/mol. The molecule has 1 unspecified atom stereocenters. The zero-order chi connectivity index (χ0) is 11.4. The Hall–Kier alpha value is -0.900. The van der Waals surface area contributed by atoms with Gasteiger partial charge in [0, 0.05) is 17.9 Å². The van der Waals surface area contributed by atoms with Crippen LogP contribution >= 0.6 is 11.8 Å². The van der Waals surface area contributed by atoms with Crippen LogP contribution in [0.1, 0.15) is 12.8 Å². The molecule has 1 saturated heterocycles. The first-order valence-electron chi connectivity index (χ1n) is 5.47. The van der Waals surface area contributed by atoms with Crippen molar-refractivity contribution in [2.75, 3.05) is 23.9 Å². The van der Waals surface area contributed by atoms with E-state index in [1.54, 1.807) is 19.2 Å². The van der Waals surface area contributed by atoms with Crippen molar-refractivity contribution in [1.29, 1.82) is 0 Å². The van der Waals surface area contributed by atoms with Crippen molar-refractivity contribution >= 4 is 17.4 Å². The normalized spacial score (nSPS) is 20.5. The Morgan fingerprint density at radius 2 is 2.38 bits per heavy atom. The molecule has 2 rings (SSSR count). The van der Waals surface area contributed by atoms with Gasteiger partial charge in [0.05, 0.1) is 12.8 Å². The molecule has 0 saturated carbocycles. The molecule has 0 aliphatic carbocycles.